The van der Waals surface area contributed by atoms with E-state index in [9.17, 15) is 4.79 Å². The van der Waals surface area contributed by atoms with Gasteiger partial charge in [0.05, 0.1) is 5.69 Å². The fourth-order valence-electron chi connectivity index (χ4n) is 2.54. The molecule has 4 rings (SSSR count). The molecule has 6 nitrogen and oxygen atoms in total. The smallest absolute Gasteiger partial charge is 0.275 e. The van der Waals surface area contributed by atoms with E-state index in [0.29, 0.717) is 11.3 Å². The molecule has 4 aromatic rings. The molecule has 0 aliphatic carbocycles. The summed E-state index contributed by atoms with van der Waals surface area (Å²) < 4.78 is 1.83. The Labute approximate surface area is 138 Å². The molecule has 0 radical (unpaired) electrons. The van der Waals surface area contributed by atoms with Crippen LogP contribution < -0.4 is 5.32 Å². The van der Waals surface area contributed by atoms with Crippen LogP contribution in [0.5, 0.6) is 0 Å². The minimum absolute atomic E-state index is 0.234. The lowest BCUT2D eigenvalue weighted by molar-refractivity contribution is 0.102. The summed E-state index contributed by atoms with van der Waals surface area (Å²) in [5, 5.41) is 2.84. The van der Waals surface area contributed by atoms with Crippen LogP contribution in [0.15, 0.2) is 61.1 Å². The summed E-state index contributed by atoms with van der Waals surface area (Å²) in [5.74, 6) is 0.626. The minimum Gasteiger partial charge on any atom is -0.348 e. The van der Waals surface area contributed by atoms with Gasteiger partial charge in [-0.1, -0.05) is 18.2 Å². The van der Waals surface area contributed by atoms with Gasteiger partial charge in [0.2, 0.25) is 0 Å². The highest BCUT2D eigenvalue weighted by Crippen LogP contribution is 2.18. The van der Waals surface area contributed by atoms with Gasteiger partial charge in [-0.25, -0.2) is 9.97 Å². The average Bonchev–Trinajstić information content (AvgIpc) is 3.21. The van der Waals surface area contributed by atoms with Crippen molar-refractivity contribution in [3.05, 3.63) is 72.6 Å². The number of para-hydroxylation sites is 1. The molecule has 118 valence electrons. The highest BCUT2D eigenvalue weighted by molar-refractivity contribution is 6.03. The number of anilines is 1. The Bertz CT molecular complexity index is 1020. The van der Waals surface area contributed by atoms with Gasteiger partial charge in [0.1, 0.15) is 17.2 Å². The number of carbonyl (C=O) groups is 1. The number of aryl methyl sites for hydroxylation is 1. The number of aromatic amines is 1. The molecule has 6 heteroatoms. The molecule has 0 bridgehead atoms. The van der Waals surface area contributed by atoms with Gasteiger partial charge in [-0.2, -0.15) is 0 Å². The second-order valence-corrected chi connectivity index (χ2v) is 5.50. The van der Waals surface area contributed by atoms with E-state index in [1.165, 1.54) is 0 Å². The van der Waals surface area contributed by atoms with Gasteiger partial charge in [0.25, 0.3) is 5.91 Å². The first-order chi connectivity index (χ1) is 11.7. The van der Waals surface area contributed by atoms with Crippen molar-refractivity contribution in [1.82, 2.24) is 19.4 Å². The summed E-state index contributed by atoms with van der Waals surface area (Å²) in [5.41, 5.74) is 3.64. The highest BCUT2D eigenvalue weighted by atomic mass is 16.1. The van der Waals surface area contributed by atoms with Crippen LogP contribution in [0.25, 0.3) is 16.9 Å². The number of benzene rings is 1. The van der Waals surface area contributed by atoms with Gasteiger partial charge in [-0.05, 0) is 31.2 Å². The largest absolute Gasteiger partial charge is 0.348 e. The molecule has 0 aliphatic rings. The molecule has 0 aliphatic heterocycles. The zero-order valence-electron chi connectivity index (χ0n) is 13.0. The van der Waals surface area contributed by atoms with Crippen molar-refractivity contribution >= 4 is 17.2 Å². The number of hydrogen-bond donors (Lipinski definition) is 2. The second-order valence-electron chi connectivity index (χ2n) is 5.50. The Kier molecular flexibility index (Phi) is 3.35. The lowest BCUT2D eigenvalue weighted by atomic mass is 10.2. The first-order valence-electron chi connectivity index (χ1n) is 7.56. The van der Waals surface area contributed by atoms with Crippen LogP contribution in [0.2, 0.25) is 0 Å². The number of H-pyrrole nitrogens is 1. The number of pyridine rings is 1. The van der Waals surface area contributed by atoms with Crippen molar-refractivity contribution in [2.24, 2.45) is 0 Å². The molecule has 1 aromatic carbocycles. The SMILES string of the molecule is Cc1nc(-c2ccc3nc(C(=O)Nc4ccccc4)cn3c2)c[nH]1. The van der Waals surface area contributed by atoms with E-state index in [1.54, 1.807) is 6.20 Å². The predicted molar refractivity (Wildman–Crippen MR) is 91.9 cm³/mol. The van der Waals surface area contributed by atoms with E-state index in [0.717, 1.165) is 22.8 Å². The molecule has 3 heterocycles. The Morgan fingerprint density at radius 2 is 1.92 bits per heavy atom. The van der Waals surface area contributed by atoms with Crippen LogP contribution in [0, 0.1) is 6.92 Å². The van der Waals surface area contributed by atoms with Crippen molar-refractivity contribution in [2.75, 3.05) is 5.32 Å². The molecule has 2 N–H and O–H groups in total. The molecule has 1 amide bonds. The number of nitrogens with one attached hydrogen (secondary N) is 2. The molecule has 3 aromatic heterocycles. The zero-order valence-corrected chi connectivity index (χ0v) is 13.0. The minimum atomic E-state index is -0.234. The van der Waals surface area contributed by atoms with Crippen molar-refractivity contribution in [1.29, 1.82) is 0 Å². The van der Waals surface area contributed by atoms with Crippen molar-refractivity contribution < 1.29 is 4.79 Å². The number of aromatic nitrogens is 4. The van der Waals surface area contributed by atoms with Gasteiger partial charge in [0, 0.05) is 29.8 Å². The fraction of sp³-hybridized carbons (Fsp3) is 0.0556. The van der Waals surface area contributed by atoms with Gasteiger partial charge < -0.3 is 14.7 Å². The monoisotopic (exact) mass is 317 g/mol. The van der Waals surface area contributed by atoms with Crippen LogP contribution in [-0.2, 0) is 0 Å². The quantitative estimate of drug-likeness (QED) is 0.609. The fourth-order valence-corrected chi connectivity index (χ4v) is 2.54. The van der Waals surface area contributed by atoms with Gasteiger partial charge in [-0.15, -0.1) is 0 Å². The highest BCUT2D eigenvalue weighted by Gasteiger charge is 2.12. The van der Waals surface area contributed by atoms with E-state index in [-0.39, 0.29) is 5.91 Å². The molecular formula is C18H15N5O. The Morgan fingerprint density at radius 3 is 2.67 bits per heavy atom. The standard InChI is InChI=1S/C18H15N5O/c1-12-19-9-15(20-12)13-7-8-17-22-16(11-23(17)10-13)18(24)21-14-5-3-2-4-6-14/h2-11H,1H3,(H,19,20)(H,21,24). The molecule has 0 fully saturated rings. The predicted octanol–water partition coefficient (Wildman–Crippen LogP) is 3.29. The molecule has 0 unspecified atom stereocenters. The molecule has 24 heavy (non-hydrogen) atoms. The third kappa shape index (κ3) is 2.65. The van der Waals surface area contributed by atoms with Crippen molar-refractivity contribution in [2.45, 2.75) is 6.92 Å². The molecule has 0 saturated heterocycles. The van der Waals surface area contributed by atoms with Crippen LogP contribution in [0.4, 0.5) is 5.69 Å². The topological polar surface area (TPSA) is 75.1 Å². The average molecular weight is 317 g/mol. The number of nitrogens with zero attached hydrogens (tertiary/aromatic N) is 3. The molecule has 0 spiro atoms. The maximum atomic E-state index is 12.3. The lowest BCUT2D eigenvalue weighted by Gasteiger charge is -2.01. The Morgan fingerprint density at radius 1 is 1.08 bits per heavy atom. The number of rotatable bonds is 3. The van der Waals surface area contributed by atoms with Gasteiger partial charge >= 0.3 is 0 Å². The Hall–Kier alpha value is -3.41. The summed E-state index contributed by atoms with van der Waals surface area (Å²) in [4.78, 5) is 24.2. The van der Waals surface area contributed by atoms with Crippen LogP contribution in [0.3, 0.4) is 0 Å². The first kappa shape index (κ1) is 14.2. The number of imidazole rings is 2. The number of fused-ring (bicyclic) bond motifs is 1. The normalized spacial score (nSPS) is 10.9. The van der Waals surface area contributed by atoms with E-state index in [4.69, 9.17) is 0 Å². The molecule has 0 saturated carbocycles. The van der Waals surface area contributed by atoms with E-state index < -0.39 is 0 Å². The van der Waals surface area contributed by atoms with Gasteiger partial charge in [0.15, 0.2) is 0 Å². The number of carbonyl (C=O) groups excluding carboxylic acids is 1. The number of amides is 1. The van der Waals surface area contributed by atoms with Crippen LogP contribution in [-0.4, -0.2) is 25.3 Å². The van der Waals surface area contributed by atoms with Crippen molar-refractivity contribution in [3.8, 4) is 11.3 Å². The van der Waals surface area contributed by atoms with Crippen molar-refractivity contribution in [3.63, 3.8) is 0 Å². The molecule has 0 atom stereocenters. The zero-order chi connectivity index (χ0) is 16.5. The Balaban J connectivity index is 1.64. The maximum Gasteiger partial charge on any atom is 0.275 e. The van der Waals surface area contributed by atoms with E-state index in [2.05, 4.69) is 20.3 Å². The summed E-state index contributed by atoms with van der Waals surface area (Å²) in [6.07, 6.45) is 5.49. The second kappa shape index (κ2) is 5.66. The summed E-state index contributed by atoms with van der Waals surface area (Å²) in [6, 6.07) is 13.1. The summed E-state index contributed by atoms with van der Waals surface area (Å²) in [6.45, 7) is 1.91. The first-order valence-corrected chi connectivity index (χ1v) is 7.56. The summed E-state index contributed by atoms with van der Waals surface area (Å²) in [7, 11) is 0. The maximum absolute atomic E-state index is 12.3. The third-order valence-corrected chi connectivity index (χ3v) is 3.72. The van der Waals surface area contributed by atoms with Crippen LogP contribution >= 0.6 is 0 Å². The lowest BCUT2D eigenvalue weighted by Crippen LogP contribution is -2.11. The summed E-state index contributed by atoms with van der Waals surface area (Å²) >= 11 is 0. The number of hydrogen-bond acceptors (Lipinski definition) is 3. The van der Waals surface area contributed by atoms with Crippen LogP contribution in [0.1, 0.15) is 16.3 Å². The van der Waals surface area contributed by atoms with E-state index >= 15 is 0 Å². The molecular weight excluding hydrogens is 302 g/mol. The van der Waals surface area contributed by atoms with Gasteiger partial charge in [-0.3, -0.25) is 4.79 Å². The van der Waals surface area contributed by atoms with E-state index in [1.807, 2.05) is 66.2 Å². The third-order valence-electron chi connectivity index (χ3n) is 3.72.